The van der Waals surface area contributed by atoms with Crippen LogP contribution in [-0.2, 0) is 38.7 Å². The van der Waals surface area contributed by atoms with Crippen molar-refractivity contribution in [1.82, 2.24) is 0 Å². The van der Waals surface area contributed by atoms with Gasteiger partial charge >= 0.3 is 17.9 Å². The maximum atomic E-state index is 11.8. The van der Waals surface area contributed by atoms with Gasteiger partial charge in [0.2, 0.25) is 0 Å². The minimum absolute atomic E-state index is 0.0783. The Morgan fingerprint density at radius 3 is 2.75 bits per heavy atom. The van der Waals surface area contributed by atoms with Crippen LogP contribution in [0.25, 0.3) is 0 Å². The summed E-state index contributed by atoms with van der Waals surface area (Å²) in [6, 6.07) is 0. The quantitative estimate of drug-likeness (QED) is 0.379. The molecule has 0 radical (unpaired) electrons. The molecule has 2 bridgehead atoms. The predicted molar refractivity (Wildman–Crippen MR) is 76.0 cm³/mol. The van der Waals surface area contributed by atoms with Gasteiger partial charge < -0.3 is 14.2 Å². The number of carbonyl (C=O) groups is 3. The van der Waals surface area contributed by atoms with Gasteiger partial charge in [0.25, 0.3) is 10.1 Å². The molecule has 1 aliphatic heterocycles. The number of hydrogen-bond donors (Lipinski definition) is 1. The summed E-state index contributed by atoms with van der Waals surface area (Å²) in [6.45, 7) is 0.599. The van der Waals surface area contributed by atoms with E-state index in [0.717, 1.165) is 6.42 Å². The number of carbonyl (C=O) groups excluding carboxylic acids is 3. The van der Waals surface area contributed by atoms with Crippen LogP contribution in [0.4, 0.5) is 0 Å². The highest BCUT2D eigenvalue weighted by Crippen LogP contribution is 2.55. The van der Waals surface area contributed by atoms with E-state index in [0.29, 0.717) is 6.42 Å². The number of hydrogen-bond acceptors (Lipinski definition) is 8. The zero-order valence-corrected chi connectivity index (χ0v) is 13.7. The van der Waals surface area contributed by atoms with Crippen molar-refractivity contribution in [2.24, 2.45) is 23.7 Å². The molecule has 1 saturated heterocycles. The van der Waals surface area contributed by atoms with E-state index >= 15 is 0 Å². The average molecular weight is 362 g/mol. The van der Waals surface area contributed by atoms with Crippen molar-refractivity contribution in [2.45, 2.75) is 32.0 Å². The lowest BCUT2D eigenvalue weighted by Gasteiger charge is -2.25. The first-order chi connectivity index (χ1) is 11.2. The summed E-state index contributed by atoms with van der Waals surface area (Å²) in [5.41, 5.74) is 0. The third-order valence-electron chi connectivity index (χ3n) is 4.88. The number of esters is 3. The summed E-state index contributed by atoms with van der Waals surface area (Å²) < 4.78 is 45.3. The minimum Gasteiger partial charge on any atom is -0.458 e. The van der Waals surface area contributed by atoms with E-state index in [1.165, 1.54) is 6.92 Å². The second kappa shape index (κ2) is 5.99. The van der Waals surface area contributed by atoms with E-state index in [2.05, 4.69) is 0 Å². The lowest BCUT2D eigenvalue weighted by molar-refractivity contribution is -0.170. The molecule has 2 saturated carbocycles. The molecule has 3 aliphatic rings. The SMILES string of the molecule is CC(CS(=O)(=O)O)C(=O)OCC(=O)OC1C2CC3C(=O)OC1C3C2. The summed E-state index contributed by atoms with van der Waals surface area (Å²) in [7, 11) is -4.31. The molecule has 0 aromatic carbocycles. The zero-order chi connectivity index (χ0) is 17.6. The van der Waals surface area contributed by atoms with Crippen LogP contribution in [0, 0.1) is 23.7 Å². The third-order valence-corrected chi connectivity index (χ3v) is 5.80. The van der Waals surface area contributed by atoms with Crippen molar-refractivity contribution in [1.29, 1.82) is 0 Å². The highest BCUT2D eigenvalue weighted by atomic mass is 32.2. The molecule has 0 spiro atoms. The highest BCUT2D eigenvalue weighted by Gasteiger charge is 2.63. The van der Waals surface area contributed by atoms with Gasteiger partial charge in [0.05, 0.1) is 17.6 Å². The summed E-state index contributed by atoms with van der Waals surface area (Å²) in [5, 5.41) is 0. The first kappa shape index (κ1) is 17.2. The summed E-state index contributed by atoms with van der Waals surface area (Å²) in [6.07, 6.45) is 0.492. The van der Waals surface area contributed by atoms with Gasteiger partial charge in [0.1, 0.15) is 12.2 Å². The Morgan fingerprint density at radius 1 is 1.38 bits per heavy atom. The smallest absolute Gasteiger partial charge is 0.344 e. The molecule has 134 valence electrons. The fourth-order valence-electron chi connectivity index (χ4n) is 3.91. The molecular formula is C14H18O9S. The van der Waals surface area contributed by atoms with E-state index in [-0.39, 0.29) is 23.7 Å². The molecule has 1 heterocycles. The predicted octanol–water partition coefficient (Wildman–Crippen LogP) is -0.453. The molecule has 6 atom stereocenters. The van der Waals surface area contributed by atoms with Crippen LogP contribution < -0.4 is 0 Å². The van der Waals surface area contributed by atoms with Gasteiger partial charge in [-0.25, -0.2) is 4.79 Å². The molecule has 6 unspecified atom stereocenters. The maximum absolute atomic E-state index is 11.8. The number of fused-ring (bicyclic) bond motifs is 1. The fraction of sp³-hybridized carbons (Fsp3) is 0.786. The van der Waals surface area contributed by atoms with Gasteiger partial charge in [-0.15, -0.1) is 0 Å². The minimum atomic E-state index is -4.31. The molecule has 9 nitrogen and oxygen atoms in total. The first-order valence-electron chi connectivity index (χ1n) is 7.67. The average Bonchev–Trinajstić information content (AvgIpc) is 3.07. The zero-order valence-electron chi connectivity index (χ0n) is 12.9. The Balaban J connectivity index is 1.47. The molecule has 24 heavy (non-hydrogen) atoms. The molecule has 2 aliphatic carbocycles. The van der Waals surface area contributed by atoms with Crippen molar-refractivity contribution < 1.29 is 41.6 Å². The highest BCUT2D eigenvalue weighted by molar-refractivity contribution is 7.85. The van der Waals surface area contributed by atoms with Gasteiger partial charge in [-0.3, -0.25) is 14.1 Å². The lowest BCUT2D eigenvalue weighted by atomic mass is 9.88. The summed E-state index contributed by atoms with van der Waals surface area (Å²) in [5.74, 6) is -3.75. The Labute approximate surface area is 138 Å². The summed E-state index contributed by atoms with van der Waals surface area (Å²) >= 11 is 0. The molecule has 0 aromatic rings. The monoisotopic (exact) mass is 362 g/mol. The van der Waals surface area contributed by atoms with Crippen LogP contribution in [0.1, 0.15) is 19.8 Å². The van der Waals surface area contributed by atoms with E-state index in [1.807, 2.05) is 0 Å². The van der Waals surface area contributed by atoms with Crippen LogP contribution in [-0.4, -0.2) is 55.4 Å². The number of ether oxygens (including phenoxy) is 3. The molecule has 0 aromatic heterocycles. The molecule has 10 heteroatoms. The maximum Gasteiger partial charge on any atom is 0.344 e. The second-order valence-electron chi connectivity index (χ2n) is 6.62. The molecule has 3 rings (SSSR count). The van der Waals surface area contributed by atoms with Crippen LogP contribution >= 0.6 is 0 Å². The van der Waals surface area contributed by atoms with Gasteiger partial charge in [0, 0.05) is 11.8 Å². The Kier molecular flexibility index (Phi) is 4.28. The van der Waals surface area contributed by atoms with Crippen LogP contribution in [0.2, 0.25) is 0 Å². The van der Waals surface area contributed by atoms with Crippen molar-refractivity contribution in [3.05, 3.63) is 0 Å². The van der Waals surface area contributed by atoms with Crippen LogP contribution in [0.5, 0.6) is 0 Å². The van der Waals surface area contributed by atoms with Gasteiger partial charge in [-0.2, -0.15) is 8.42 Å². The molecule has 0 amide bonds. The fourth-order valence-corrected chi connectivity index (χ4v) is 4.67. The van der Waals surface area contributed by atoms with Crippen molar-refractivity contribution >= 4 is 28.0 Å². The van der Waals surface area contributed by atoms with Gasteiger partial charge in [-0.05, 0) is 12.8 Å². The Hall–Kier alpha value is -1.68. The van der Waals surface area contributed by atoms with E-state index in [1.54, 1.807) is 0 Å². The molecule has 3 fully saturated rings. The van der Waals surface area contributed by atoms with E-state index in [4.69, 9.17) is 18.8 Å². The van der Waals surface area contributed by atoms with Crippen molar-refractivity contribution in [3.8, 4) is 0 Å². The molecular weight excluding hydrogens is 344 g/mol. The molecule has 1 N–H and O–H groups in total. The van der Waals surface area contributed by atoms with Crippen LogP contribution in [0.15, 0.2) is 0 Å². The van der Waals surface area contributed by atoms with Crippen molar-refractivity contribution in [3.63, 3.8) is 0 Å². The van der Waals surface area contributed by atoms with Gasteiger partial charge in [0.15, 0.2) is 6.61 Å². The second-order valence-corrected chi connectivity index (χ2v) is 8.11. The largest absolute Gasteiger partial charge is 0.458 e. The standard InChI is InChI=1S/C14H18O9S/c1-6(5-24(18,19)20)13(16)21-4-10(15)22-11-7-2-8-9(3-7)14(17)23-12(8)11/h6-9,11-12H,2-5H2,1H3,(H,18,19,20). The Bertz CT molecular complexity index is 670. The van der Waals surface area contributed by atoms with Crippen LogP contribution in [0.3, 0.4) is 0 Å². The Morgan fingerprint density at radius 2 is 2.08 bits per heavy atom. The van der Waals surface area contributed by atoms with Gasteiger partial charge in [-0.1, -0.05) is 6.92 Å². The normalized spacial score (nSPS) is 34.8. The topological polar surface area (TPSA) is 133 Å². The summed E-state index contributed by atoms with van der Waals surface area (Å²) in [4.78, 5) is 35.0. The third kappa shape index (κ3) is 3.25. The first-order valence-corrected chi connectivity index (χ1v) is 9.28. The van der Waals surface area contributed by atoms with E-state index < -0.39 is 52.5 Å². The number of rotatable bonds is 6. The lowest BCUT2D eigenvalue weighted by Crippen LogP contribution is -2.37. The van der Waals surface area contributed by atoms with Crippen molar-refractivity contribution in [2.75, 3.05) is 12.4 Å². The van der Waals surface area contributed by atoms with E-state index in [9.17, 15) is 22.8 Å².